The van der Waals surface area contributed by atoms with Crippen molar-refractivity contribution in [2.45, 2.75) is 31.3 Å². The molecule has 1 unspecified atom stereocenters. The average molecular weight is 244 g/mol. The molecular weight excluding hydrogens is 231 g/mol. The quantitative estimate of drug-likeness (QED) is 0.459. The number of rotatable bonds is 3. The molecule has 14 heavy (non-hydrogen) atoms. The normalized spacial score (nSPS) is 38.9. The van der Waals surface area contributed by atoms with Crippen molar-refractivity contribution in [2.75, 3.05) is 6.61 Å². The zero-order valence-corrected chi connectivity index (χ0v) is 9.19. The van der Waals surface area contributed by atoms with Crippen molar-refractivity contribution in [3.8, 4) is 0 Å². The molecule has 84 valence electrons. The van der Waals surface area contributed by atoms with E-state index in [2.05, 4.69) is 16.3 Å². The Hall–Kier alpha value is 0.410. The third-order valence-electron chi connectivity index (χ3n) is 2.01. The highest BCUT2D eigenvalue weighted by Gasteiger charge is 2.40. The highest BCUT2D eigenvalue weighted by molar-refractivity contribution is 8.06. The second-order valence-electron chi connectivity index (χ2n) is 3.15. The van der Waals surface area contributed by atoms with Gasteiger partial charge in [-0.1, -0.05) is 0 Å². The Bertz CT molecular complexity index is 242. The number of hydrogen-bond acceptors (Lipinski definition) is 5. The van der Waals surface area contributed by atoms with Crippen LogP contribution in [-0.4, -0.2) is 51.0 Å². The minimum atomic E-state index is -3.72. The molecule has 0 radical (unpaired) electrons. The van der Waals surface area contributed by atoms with Crippen LogP contribution < -0.4 is 0 Å². The predicted molar refractivity (Wildman–Crippen MR) is 51.0 cm³/mol. The van der Waals surface area contributed by atoms with Gasteiger partial charge in [0.15, 0.2) is 0 Å². The molecule has 0 aromatic rings. The van der Waals surface area contributed by atoms with E-state index in [1.165, 1.54) is 0 Å². The second kappa shape index (κ2) is 4.51. The van der Waals surface area contributed by atoms with E-state index < -0.39 is 31.1 Å². The summed E-state index contributed by atoms with van der Waals surface area (Å²) in [7, 11) is 0. The average Bonchev–Trinajstić information content (AvgIpc) is 2.28. The fraction of sp³-hybridized carbons (Fsp3) is 1.00. The van der Waals surface area contributed by atoms with E-state index in [-0.39, 0.29) is 6.61 Å². The van der Waals surface area contributed by atoms with Crippen LogP contribution in [0.25, 0.3) is 0 Å². The summed E-state index contributed by atoms with van der Waals surface area (Å²) < 4.78 is 9.63. The number of ether oxygens (including phenoxy) is 1. The standard InChI is InChI=1S/C6H13O6PS/c1-3-5(7)6(8)4(12-3)2-11-13(9,10)14/h3-8H,2H2,1H3,(H2,9,10,14)/t3-,4+,5+,6?/m0/s1. The van der Waals surface area contributed by atoms with Crippen molar-refractivity contribution in [1.29, 1.82) is 0 Å². The SMILES string of the molecule is C[C@@H]1O[C@H](COP(O)(O)=S)C(O)[C@@H]1O. The van der Waals surface area contributed by atoms with Crippen LogP contribution in [0.15, 0.2) is 0 Å². The van der Waals surface area contributed by atoms with Gasteiger partial charge in [0.25, 0.3) is 0 Å². The minimum Gasteiger partial charge on any atom is -0.388 e. The molecule has 0 aromatic heterocycles. The van der Waals surface area contributed by atoms with Gasteiger partial charge >= 0.3 is 6.72 Å². The molecule has 4 atom stereocenters. The lowest BCUT2D eigenvalue weighted by molar-refractivity contribution is -0.0135. The van der Waals surface area contributed by atoms with E-state index in [0.29, 0.717) is 0 Å². The first-order valence-electron chi connectivity index (χ1n) is 4.03. The molecule has 1 heterocycles. The summed E-state index contributed by atoms with van der Waals surface area (Å²) in [5.74, 6) is 0. The van der Waals surface area contributed by atoms with E-state index in [9.17, 15) is 10.2 Å². The maximum Gasteiger partial charge on any atom is 0.321 e. The second-order valence-corrected chi connectivity index (χ2v) is 5.81. The first-order valence-corrected chi connectivity index (χ1v) is 6.65. The summed E-state index contributed by atoms with van der Waals surface area (Å²) in [6, 6.07) is 0. The van der Waals surface area contributed by atoms with E-state index in [4.69, 9.17) is 14.5 Å². The molecule has 0 bridgehead atoms. The molecule has 0 amide bonds. The number of hydrogen-bond donors (Lipinski definition) is 4. The van der Waals surface area contributed by atoms with Gasteiger partial charge in [-0.25, -0.2) is 0 Å². The predicted octanol–water partition coefficient (Wildman–Crippen LogP) is -1.28. The summed E-state index contributed by atoms with van der Waals surface area (Å²) >= 11 is 4.22. The van der Waals surface area contributed by atoms with E-state index in [0.717, 1.165) is 0 Å². The Morgan fingerprint density at radius 1 is 1.36 bits per heavy atom. The van der Waals surface area contributed by atoms with Crippen LogP contribution in [0.2, 0.25) is 0 Å². The fourth-order valence-corrected chi connectivity index (χ4v) is 1.77. The van der Waals surface area contributed by atoms with E-state index in [1.54, 1.807) is 6.92 Å². The van der Waals surface area contributed by atoms with Gasteiger partial charge in [-0.15, -0.1) is 0 Å². The Kier molecular flexibility index (Phi) is 4.02. The van der Waals surface area contributed by atoms with Crippen molar-refractivity contribution in [1.82, 2.24) is 0 Å². The van der Waals surface area contributed by atoms with Crippen LogP contribution in [0.3, 0.4) is 0 Å². The smallest absolute Gasteiger partial charge is 0.321 e. The lowest BCUT2D eigenvalue weighted by Crippen LogP contribution is -2.33. The molecular formula is C6H13O6PS. The monoisotopic (exact) mass is 244 g/mol. The third-order valence-corrected chi connectivity index (χ3v) is 2.81. The molecule has 0 saturated carbocycles. The minimum absolute atomic E-state index is 0.243. The Morgan fingerprint density at radius 2 is 1.93 bits per heavy atom. The molecule has 1 aliphatic rings. The van der Waals surface area contributed by atoms with Gasteiger partial charge in [0.05, 0.1) is 12.7 Å². The van der Waals surface area contributed by atoms with Gasteiger partial charge in [0, 0.05) is 0 Å². The van der Waals surface area contributed by atoms with E-state index >= 15 is 0 Å². The van der Waals surface area contributed by atoms with Gasteiger partial charge in [0.2, 0.25) is 0 Å². The summed E-state index contributed by atoms with van der Waals surface area (Å²) in [5, 5.41) is 18.7. The maximum absolute atomic E-state index is 9.38. The van der Waals surface area contributed by atoms with Crippen LogP contribution in [0.5, 0.6) is 0 Å². The van der Waals surface area contributed by atoms with Gasteiger partial charge in [-0.05, 0) is 18.7 Å². The van der Waals surface area contributed by atoms with Crippen molar-refractivity contribution < 1.29 is 29.3 Å². The Labute approximate surface area is 86.3 Å². The van der Waals surface area contributed by atoms with Gasteiger partial charge in [-0.3, -0.25) is 0 Å². The molecule has 0 spiro atoms. The number of aliphatic hydroxyl groups excluding tert-OH is 2. The van der Waals surface area contributed by atoms with Crippen LogP contribution >= 0.6 is 6.72 Å². The fourth-order valence-electron chi connectivity index (χ4n) is 1.24. The van der Waals surface area contributed by atoms with Crippen LogP contribution in [-0.2, 0) is 21.1 Å². The number of aliphatic hydroxyl groups is 2. The Morgan fingerprint density at radius 3 is 2.29 bits per heavy atom. The molecule has 6 nitrogen and oxygen atoms in total. The maximum atomic E-state index is 9.38. The van der Waals surface area contributed by atoms with Gasteiger partial charge in [-0.2, -0.15) is 0 Å². The molecule has 8 heteroatoms. The highest BCUT2D eigenvalue weighted by Crippen LogP contribution is 2.37. The van der Waals surface area contributed by atoms with Crippen molar-refractivity contribution in [3.63, 3.8) is 0 Å². The zero-order valence-electron chi connectivity index (χ0n) is 7.48. The largest absolute Gasteiger partial charge is 0.388 e. The molecule has 0 aromatic carbocycles. The van der Waals surface area contributed by atoms with Gasteiger partial charge in [0.1, 0.15) is 18.3 Å². The molecule has 1 fully saturated rings. The van der Waals surface area contributed by atoms with Crippen molar-refractivity contribution in [2.24, 2.45) is 0 Å². The van der Waals surface area contributed by atoms with Crippen LogP contribution in [0.1, 0.15) is 6.92 Å². The first kappa shape index (κ1) is 12.5. The summed E-state index contributed by atoms with van der Waals surface area (Å²) in [6.45, 7) is -2.37. The van der Waals surface area contributed by atoms with Crippen molar-refractivity contribution in [3.05, 3.63) is 0 Å². The van der Waals surface area contributed by atoms with Crippen molar-refractivity contribution >= 4 is 18.5 Å². The lowest BCUT2D eigenvalue weighted by Gasteiger charge is -2.16. The summed E-state index contributed by atoms with van der Waals surface area (Å²) in [5.41, 5.74) is 0. The molecule has 0 aliphatic carbocycles. The molecule has 4 N–H and O–H groups in total. The summed E-state index contributed by atoms with van der Waals surface area (Å²) in [6.07, 6.45) is -3.36. The van der Waals surface area contributed by atoms with Crippen LogP contribution in [0, 0.1) is 0 Å². The first-order chi connectivity index (χ1) is 6.31. The molecule has 1 rings (SSSR count). The van der Waals surface area contributed by atoms with Gasteiger partial charge < -0.3 is 29.3 Å². The Balaban J connectivity index is 2.44. The van der Waals surface area contributed by atoms with E-state index in [1.807, 2.05) is 0 Å². The summed E-state index contributed by atoms with van der Waals surface area (Å²) in [4.78, 5) is 17.5. The zero-order chi connectivity index (χ0) is 10.9. The highest BCUT2D eigenvalue weighted by atomic mass is 32.5. The van der Waals surface area contributed by atoms with Crippen LogP contribution in [0.4, 0.5) is 0 Å². The topological polar surface area (TPSA) is 99.4 Å². The molecule has 1 saturated heterocycles. The lowest BCUT2D eigenvalue weighted by atomic mass is 10.1. The molecule has 1 aliphatic heterocycles. The third kappa shape index (κ3) is 3.22.